The summed E-state index contributed by atoms with van der Waals surface area (Å²) in [6, 6.07) is 12.6. The Morgan fingerprint density at radius 2 is 1.69 bits per heavy atom. The normalized spacial score (nSPS) is 11.5. The summed E-state index contributed by atoms with van der Waals surface area (Å²) in [5, 5.41) is 0. The predicted octanol–water partition coefficient (Wildman–Crippen LogP) is 4.40. The molecule has 2 aromatic carbocycles. The van der Waals surface area contributed by atoms with Crippen LogP contribution < -0.4 is 16.2 Å². The standard InChI is InChI=1S/C24H26N4O/c1-14(9-11-19-17(4)27-24(26)28-23(19)25)18-10-12-20(21(13-18)29-5)22-15(2)7-6-8-16(22)3/h6-8,10,12-14H,1-5H3,(H4,25,26,27,28)/t14-/m0/s1. The topological polar surface area (TPSA) is 87.0 Å². The first kappa shape index (κ1) is 20.2. The van der Waals surface area contributed by atoms with E-state index in [0.717, 1.165) is 16.9 Å². The van der Waals surface area contributed by atoms with Crippen LogP contribution in [0.2, 0.25) is 0 Å². The highest BCUT2D eigenvalue weighted by atomic mass is 16.5. The van der Waals surface area contributed by atoms with Crippen LogP contribution in [0.15, 0.2) is 36.4 Å². The van der Waals surface area contributed by atoms with Gasteiger partial charge in [0.25, 0.3) is 0 Å². The number of hydrogen-bond acceptors (Lipinski definition) is 5. The molecule has 0 saturated heterocycles. The molecule has 0 amide bonds. The number of hydrogen-bond donors (Lipinski definition) is 2. The molecule has 29 heavy (non-hydrogen) atoms. The van der Waals surface area contributed by atoms with Gasteiger partial charge < -0.3 is 16.2 Å². The average molecular weight is 386 g/mol. The first-order valence-electron chi connectivity index (χ1n) is 9.47. The summed E-state index contributed by atoms with van der Waals surface area (Å²) in [4.78, 5) is 8.13. The van der Waals surface area contributed by atoms with Gasteiger partial charge in [-0.3, -0.25) is 0 Å². The minimum atomic E-state index is -0.0210. The van der Waals surface area contributed by atoms with Gasteiger partial charge in [0.05, 0.1) is 18.4 Å². The number of nitrogens with two attached hydrogens (primary N) is 2. The molecular formula is C24H26N4O. The number of methoxy groups -OCH3 is 1. The van der Waals surface area contributed by atoms with Gasteiger partial charge in [-0.2, -0.15) is 4.98 Å². The van der Waals surface area contributed by atoms with Crippen molar-refractivity contribution < 1.29 is 4.74 Å². The van der Waals surface area contributed by atoms with E-state index in [1.54, 1.807) is 7.11 Å². The monoisotopic (exact) mass is 386 g/mol. The predicted molar refractivity (Wildman–Crippen MR) is 119 cm³/mol. The molecule has 0 aliphatic heterocycles. The fourth-order valence-corrected chi connectivity index (χ4v) is 3.46. The summed E-state index contributed by atoms with van der Waals surface area (Å²) >= 11 is 0. The van der Waals surface area contributed by atoms with E-state index in [2.05, 4.69) is 72.1 Å². The number of benzene rings is 2. The summed E-state index contributed by atoms with van der Waals surface area (Å²) in [6.07, 6.45) is 0. The van der Waals surface area contributed by atoms with E-state index in [-0.39, 0.29) is 11.9 Å². The van der Waals surface area contributed by atoms with Crippen LogP contribution in [-0.4, -0.2) is 17.1 Å². The molecule has 148 valence electrons. The van der Waals surface area contributed by atoms with E-state index in [4.69, 9.17) is 16.2 Å². The molecule has 4 N–H and O–H groups in total. The Morgan fingerprint density at radius 1 is 1.00 bits per heavy atom. The van der Waals surface area contributed by atoms with Crippen molar-refractivity contribution in [1.29, 1.82) is 0 Å². The van der Waals surface area contributed by atoms with E-state index in [9.17, 15) is 0 Å². The summed E-state index contributed by atoms with van der Waals surface area (Å²) in [6.45, 7) is 8.10. The van der Waals surface area contributed by atoms with E-state index < -0.39 is 0 Å². The third-order valence-corrected chi connectivity index (χ3v) is 5.02. The minimum absolute atomic E-state index is 0.0210. The maximum absolute atomic E-state index is 5.95. The maximum Gasteiger partial charge on any atom is 0.222 e. The number of aryl methyl sites for hydroxylation is 3. The van der Waals surface area contributed by atoms with Gasteiger partial charge in [-0.15, -0.1) is 0 Å². The number of nitrogens with zero attached hydrogens (tertiary/aromatic N) is 2. The number of nitrogen functional groups attached to an aromatic ring is 2. The Morgan fingerprint density at radius 3 is 2.31 bits per heavy atom. The Hall–Kier alpha value is -3.52. The lowest BCUT2D eigenvalue weighted by Crippen LogP contribution is -2.05. The molecule has 0 aliphatic rings. The number of rotatable bonds is 3. The lowest BCUT2D eigenvalue weighted by Gasteiger charge is -2.16. The van der Waals surface area contributed by atoms with Gasteiger partial charge in [0.1, 0.15) is 11.6 Å². The highest BCUT2D eigenvalue weighted by Gasteiger charge is 2.13. The van der Waals surface area contributed by atoms with E-state index in [1.807, 2.05) is 13.8 Å². The zero-order chi connectivity index (χ0) is 21.1. The van der Waals surface area contributed by atoms with Gasteiger partial charge >= 0.3 is 0 Å². The van der Waals surface area contributed by atoms with Crippen LogP contribution >= 0.6 is 0 Å². The van der Waals surface area contributed by atoms with Crippen molar-refractivity contribution in [2.24, 2.45) is 0 Å². The molecule has 1 heterocycles. The average Bonchev–Trinajstić information content (AvgIpc) is 2.67. The lowest BCUT2D eigenvalue weighted by atomic mass is 9.92. The van der Waals surface area contributed by atoms with E-state index >= 15 is 0 Å². The third-order valence-electron chi connectivity index (χ3n) is 5.02. The summed E-state index contributed by atoms with van der Waals surface area (Å²) < 4.78 is 5.71. The van der Waals surface area contributed by atoms with Crippen molar-refractivity contribution in [2.45, 2.75) is 33.6 Å². The molecule has 0 radical (unpaired) electrons. The van der Waals surface area contributed by atoms with Crippen LogP contribution in [0.4, 0.5) is 11.8 Å². The number of aromatic nitrogens is 2. The first-order valence-corrected chi connectivity index (χ1v) is 9.47. The van der Waals surface area contributed by atoms with Crippen LogP contribution in [-0.2, 0) is 0 Å². The van der Waals surface area contributed by atoms with Gasteiger partial charge in [0, 0.05) is 11.5 Å². The van der Waals surface area contributed by atoms with Gasteiger partial charge in [0.2, 0.25) is 5.95 Å². The molecule has 1 aromatic heterocycles. The molecule has 0 fully saturated rings. The smallest absolute Gasteiger partial charge is 0.222 e. The summed E-state index contributed by atoms with van der Waals surface area (Å²) in [7, 11) is 1.70. The van der Waals surface area contributed by atoms with Crippen LogP contribution in [0, 0.1) is 32.6 Å². The highest BCUT2D eigenvalue weighted by Crippen LogP contribution is 2.36. The SMILES string of the molecule is COc1cc([C@@H](C)C#Cc2c(C)nc(N)nc2N)ccc1-c1c(C)cccc1C. The Kier molecular flexibility index (Phi) is 5.74. The second kappa shape index (κ2) is 8.24. The van der Waals surface area contributed by atoms with Crippen molar-refractivity contribution >= 4 is 11.8 Å². The van der Waals surface area contributed by atoms with Crippen molar-refractivity contribution in [2.75, 3.05) is 18.6 Å². The van der Waals surface area contributed by atoms with Gasteiger partial charge in [-0.05, 0) is 56.0 Å². The first-order chi connectivity index (χ1) is 13.8. The quantitative estimate of drug-likeness (QED) is 0.652. The Bertz CT molecular complexity index is 1080. The molecule has 5 heteroatoms. The molecule has 3 rings (SSSR count). The molecule has 0 bridgehead atoms. The van der Waals surface area contributed by atoms with Gasteiger partial charge in [-0.1, -0.05) is 42.2 Å². The largest absolute Gasteiger partial charge is 0.496 e. The molecule has 0 unspecified atom stereocenters. The van der Waals surface area contributed by atoms with Crippen molar-refractivity contribution in [3.05, 3.63) is 64.3 Å². The third kappa shape index (κ3) is 4.17. The fourth-order valence-electron chi connectivity index (χ4n) is 3.46. The fraction of sp³-hybridized carbons (Fsp3) is 0.250. The second-order valence-corrected chi connectivity index (χ2v) is 7.15. The minimum Gasteiger partial charge on any atom is -0.496 e. The van der Waals surface area contributed by atoms with Crippen molar-refractivity contribution in [1.82, 2.24) is 9.97 Å². The highest BCUT2D eigenvalue weighted by molar-refractivity contribution is 5.76. The number of anilines is 2. The van der Waals surface area contributed by atoms with Crippen molar-refractivity contribution in [3.63, 3.8) is 0 Å². The molecule has 3 aromatic rings. The van der Waals surface area contributed by atoms with Crippen molar-refractivity contribution in [3.8, 4) is 28.7 Å². The van der Waals surface area contributed by atoms with Gasteiger partial charge in [0.15, 0.2) is 0 Å². The zero-order valence-electron chi connectivity index (χ0n) is 17.5. The van der Waals surface area contributed by atoms with Crippen LogP contribution in [0.3, 0.4) is 0 Å². The van der Waals surface area contributed by atoms with Crippen LogP contribution in [0.5, 0.6) is 5.75 Å². The van der Waals surface area contributed by atoms with Gasteiger partial charge in [-0.25, -0.2) is 4.98 Å². The van der Waals surface area contributed by atoms with Crippen LogP contribution in [0.1, 0.15) is 40.8 Å². The molecule has 5 nitrogen and oxygen atoms in total. The van der Waals surface area contributed by atoms with E-state index in [1.165, 1.54) is 16.7 Å². The Balaban J connectivity index is 1.98. The summed E-state index contributed by atoms with van der Waals surface area (Å²) in [5.41, 5.74) is 18.7. The van der Waals surface area contributed by atoms with E-state index in [0.29, 0.717) is 17.1 Å². The molecule has 1 atom stereocenters. The maximum atomic E-state index is 5.95. The van der Waals surface area contributed by atoms with Crippen LogP contribution in [0.25, 0.3) is 11.1 Å². The molecule has 0 saturated carbocycles. The summed E-state index contributed by atoms with van der Waals surface area (Å²) in [5.74, 6) is 7.63. The zero-order valence-corrected chi connectivity index (χ0v) is 17.5. The molecule has 0 aliphatic carbocycles. The Labute approximate surface area is 172 Å². The lowest BCUT2D eigenvalue weighted by molar-refractivity contribution is 0.416. The second-order valence-electron chi connectivity index (χ2n) is 7.15. The number of ether oxygens (including phenoxy) is 1. The molecule has 0 spiro atoms. The molecular weight excluding hydrogens is 360 g/mol.